The van der Waals surface area contributed by atoms with Crippen LogP contribution in [0.5, 0.6) is 11.5 Å². The minimum atomic E-state index is -0.513. The first-order chi connectivity index (χ1) is 12.4. The Bertz CT molecular complexity index is 725. The van der Waals surface area contributed by atoms with E-state index in [4.69, 9.17) is 9.47 Å². The Morgan fingerprint density at radius 2 is 1.77 bits per heavy atom. The van der Waals surface area contributed by atoms with Gasteiger partial charge in [0.2, 0.25) is 0 Å². The Morgan fingerprint density at radius 1 is 1.08 bits per heavy atom. The van der Waals surface area contributed by atoms with Gasteiger partial charge in [0.15, 0.2) is 6.10 Å². The second-order valence-corrected chi connectivity index (χ2v) is 6.52. The van der Waals surface area contributed by atoms with Crippen LogP contribution in [0.3, 0.4) is 0 Å². The Balaban J connectivity index is 2.02. The molecule has 2 aromatic carbocycles. The number of hydrogen-bond donors (Lipinski definition) is 1. The van der Waals surface area contributed by atoms with Gasteiger partial charge in [-0.25, -0.2) is 0 Å². The molecule has 2 atom stereocenters. The van der Waals surface area contributed by atoms with Crippen LogP contribution in [0.1, 0.15) is 49.9 Å². The fourth-order valence-corrected chi connectivity index (χ4v) is 2.72. The first-order valence-electron chi connectivity index (χ1n) is 9.21. The van der Waals surface area contributed by atoms with Gasteiger partial charge >= 0.3 is 0 Å². The summed E-state index contributed by atoms with van der Waals surface area (Å²) in [6.45, 7) is 10.5. The molecule has 0 saturated heterocycles. The summed E-state index contributed by atoms with van der Waals surface area (Å²) in [6.07, 6.45) is 0.0931. The summed E-state index contributed by atoms with van der Waals surface area (Å²) in [5, 5.41) is 3.05. The molecule has 0 saturated carbocycles. The summed E-state index contributed by atoms with van der Waals surface area (Å²) < 4.78 is 11.4. The predicted molar refractivity (Wildman–Crippen MR) is 105 cm³/mol. The van der Waals surface area contributed by atoms with Crippen molar-refractivity contribution < 1.29 is 14.3 Å². The topological polar surface area (TPSA) is 47.6 Å². The van der Waals surface area contributed by atoms with Crippen molar-refractivity contribution in [2.45, 2.75) is 53.2 Å². The molecule has 1 N–H and O–H groups in total. The molecule has 0 heterocycles. The van der Waals surface area contributed by atoms with E-state index in [2.05, 4.69) is 5.32 Å². The molecule has 0 unspecified atom stereocenters. The molecule has 0 aliphatic carbocycles. The second kappa shape index (κ2) is 9.27. The molecule has 0 aliphatic heterocycles. The zero-order chi connectivity index (χ0) is 19.1. The van der Waals surface area contributed by atoms with Crippen LogP contribution in [-0.2, 0) is 4.79 Å². The Hall–Kier alpha value is -2.49. The highest BCUT2D eigenvalue weighted by molar-refractivity contribution is 5.81. The van der Waals surface area contributed by atoms with Gasteiger partial charge in [-0.1, -0.05) is 31.2 Å². The summed E-state index contributed by atoms with van der Waals surface area (Å²) in [6, 6.07) is 13.7. The smallest absolute Gasteiger partial charge is 0.261 e. The van der Waals surface area contributed by atoms with Crippen molar-refractivity contribution in [3.8, 4) is 11.5 Å². The molecule has 0 fully saturated rings. The number of nitrogens with one attached hydrogen (secondary N) is 1. The van der Waals surface area contributed by atoms with Crippen molar-refractivity contribution in [2.75, 3.05) is 6.61 Å². The lowest BCUT2D eigenvalue weighted by Crippen LogP contribution is -2.39. The van der Waals surface area contributed by atoms with Crippen molar-refractivity contribution in [1.29, 1.82) is 0 Å². The van der Waals surface area contributed by atoms with Crippen LogP contribution < -0.4 is 14.8 Å². The van der Waals surface area contributed by atoms with Gasteiger partial charge in [0.1, 0.15) is 11.5 Å². The quantitative estimate of drug-likeness (QED) is 0.744. The van der Waals surface area contributed by atoms with Crippen LogP contribution in [0.4, 0.5) is 0 Å². The van der Waals surface area contributed by atoms with Gasteiger partial charge < -0.3 is 14.8 Å². The Morgan fingerprint density at radius 3 is 2.38 bits per heavy atom. The molecule has 0 radical (unpaired) electrons. The van der Waals surface area contributed by atoms with Gasteiger partial charge in [-0.3, -0.25) is 4.79 Å². The van der Waals surface area contributed by atoms with Gasteiger partial charge in [0.25, 0.3) is 5.91 Å². The van der Waals surface area contributed by atoms with Crippen LogP contribution in [-0.4, -0.2) is 18.6 Å². The molecule has 0 aliphatic rings. The number of aryl methyl sites for hydroxylation is 2. The maximum absolute atomic E-state index is 12.7. The SMILES string of the molecule is CCOc1ccc([C@@H](C)NC(=O)[C@H](CC)Oc2cc(C)ccc2C)cc1. The number of ether oxygens (including phenoxy) is 2. The number of carbonyl (C=O) groups excluding carboxylic acids is 1. The standard InChI is InChI=1S/C22H29NO3/c1-6-20(26-21-14-15(3)8-9-16(21)4)22(24)23-17(5)18-10-12-19(13-11-18)25-7-2/h8-14,17,20H,6-7H2,1-5H3,(H,23,24)/t17-,20+/m1/s1. The number of carbonyl (C=O) groups is 1. The fourth-order valence-electron chi connectivity index (χ4n) is 2.72. The second-order valence-electron chi connectivity index (χ2n) is 6.52. The van der Waals surface area contributed by atoms with E-state index >= 15 is 0 Å². The third kappa shape index (κ3) is 5.25. The van der Waals surface area contributed by atoms with Crippen LogP contribution in [0.2, 0.25) is 0 Å². The van der Waals surface area contributed by atoms with E-state index < -0.39 is 6.10 Å². The van der Waals surface area contributed by atoms with E-state index in [-0.39, 0.29) is 11.9 Å². The molecule has 2 aromatic rings. The lowest BCUT2D eigenvalue weighted by atomic mass is 10.1. The number of benzene rings is 2. The molecule has 4 nitrogen and oxygen atoms in total. The summed E-state index contributed by atoms with van der Waals surface area (Å²) in [4.78, 5) is 12.7. The maximum Gasteiger partial charge on any atom is 0.261 e. The maximum atomic E-state index is 12.7. The average molecular weight is 355 g/mol. The minimum absolute atomic E-state index is 0.102. The number of rotatable bonds is 8. The highest BCUT2D eigenvalue weighted by Gasteiger charge is 2.21. The molecule has 1 amide bonds. The number of amides is 1. The molecule has 0 aromatic heterocycles. The van der Waals surface area contributed by atoms with Crippen LogP contribution in [0.25, 0.3) is 0 Å². The third-order valence-corrected chi connectivity index (χ3v) is 4.33. The van der Waals surface area contributed by atoms with Crippen molar-refractivity contribution in [2.24, 2.45) is 0 Å². The highest BCUT2D eigenvalue weighted by atomic mass is 16.5. The number of hydrogen-bond acceptors (Lipinski definition) is 3. The van der Waals surface area contributed by atoms with E-state index in [1.165, 1.54) is 0 Å². The molecule has 2 rings (SSSR count). The molecule has 4 heteroatoms. The monoisotopic (exact) mass is 355 g/mol. The average Bonchev–Trinajstić information content (AvgIpc) is 2.63. The first kappa shape index (κ1) is 19.8. The molecule has 26 heavy (non-hydrogen) atoms. The summed E-state index contributed by atoms with van der Waals surface area (Å²) in [5.41, 5.74) is 3.17. The van der Waals surface area contributed by atoms with Gasteiger partial charge in [-0.2, -0.15) is 0 Å². The van der Waals surface area contributed by atoms with Gasteiger partial charge in [-0.05, 0) is 69.0 Å². The van der Waals surface area contributed by atoms with Crippen LogP contribution in [0.15, 0.2) is 42.5 Å². The Labute approximate surface area is 156 Å². The predicted octanol–water partition coefficient (Wildman–Crippen LogP) is 4.74. The van der Waals surface area contributed by atoms with Crippen molar-refractivity contribution in [1.82, 2.24) is 5.32 Å². The molecular weight excluding hydrogens is 326 g/mol. The van der Waals surface area contributed by atoms with Crippen molar-refractivity contribution in [3.63, 3.8) is 0 Å². The molecule has 0 spiro atoms. The van der Waals surface area contributed by atoms with E-state index in [0.717, 1.165) is 28.2 Å². The van der Waals surface area contributed by atoms with E-state index in [1.807, 2.05) is 77.1 Å². The highest BCUT2D eigenvalue weighted by Crippen LogP contribution is 2.22. The molecule has 0 bridgehead atoms. The lowest BCUT2D eigenvalue weighted by Gasteiger charge is -2.22. The molecular formula is C22H29NO3. The largest absolute Gasteiger partial charge is 0.494 e. The summed E-state index contributed by atoms with van der Waals surface area (Å²) >= 11 is 0. The minimum Gasteiger partial charge on any atom is -0.494 e. The van der Waals surface area contributed by atoms with Gasteiger partial charge in [-0.15, -0.1) is 0 Å². The van der Waals surface area contributed by atoms with E-state index in [0.29, 0.717) is 13.0 Å². The third-order valence-electron chi connectivity index (χ3n) is 4.33. The van der Waals surface area contributed by atoms with Crippen molar-refractivity contribution in [3.05, 3.63) is 59.2 Å². The van der Waals surface area contributed by atoms with E-state index in [1.54, 1.807) is 0 Å². The summed E-state index contributed by atoms with van der Waals surface area (Å²) in [7, 11) is 0. The van der Waals surface area contributed by atoms with E-state index in [9.17, 15) is 4.79 Å². The summed E-state index contributed by atoms with van der Waals surface area (Å²) in [5.74, 6) is 1.50. The van der Waals surface area contributed by atoms with Crippen LogP contribution >= 0.6 is 0 Å². The fraction of sp³-hybridized carbons (Fsp3) is 0.409. The zero-order valence-electron chi connectivity index (χ0n) is 16.3. The lowest BCUT2D eigenvalue weighted by molar-refractivity contribution is -0.128. The first-order valence-corrected chi connectivity index (χ1v) is 9.21. The van der Waals surface area contributed by atoms with Gasteiger partial charge in [0.05, 0.1) is 12.6 Å². The zero-order valence-corrected chi connectivity index (χ0v) is 16.3. The van der Waals surface area contributed by atoms with Gasteiger partial charge in [0, 0.05) is 0 Å². The molecule has 140 valence electrons. The van der Waals surface area contributed by atoms with Crippen molar-refractivity contribution >= 4 is 5.91 Å². The van der Waals surface area contributed by atoms with Crippen LogP contribution in [0, 0.1) is 13.8 Å². The normalized spacial score (nSPS) is 13.0. The Kier molecular flexibility index (Phi) is 7.07.